The van der Waals surface area contributed by atoms with Gasteiger partial charge in [-0.05, 0) is 62.4 Å². The molecule has 176 valence electrons. The van der Waals surface area contributed by atoms with Crippen molar-refractivity contribution in [3.63, 3.8) is 0 Å². The van der Waals surface area contributed by atoms with E-state index in [9.17, 15) is 22.4 Å². The molecule has 0 aliphatic rings. The molecule has 0 unspecified atom stereocenters. The first kappa shape index (κ1) is 26.0. The Morgan fingerprint density at radius 2 is 1.75 bits per heavy atom. The highest BCUT2D eigenvalue weighted by atomic mass is 32.2. The maximum Gasteiger partial charge on any atom is 0.243 e. The van der Waals surface area contributed by atoms with E-state index in [2.05, 4.69) is 10.0 Å². The van der Waals surface area contributed by atoms with E-state index in [1.54, 1.807) is 0 Å². The Morgan fingerprint density at radius 1 is 1.12 bits per heavy atom. The Bertz CT molecular complexity index is 1010. The third-order valence-corrected chi connectivity index (χ3v) is 6.78. The van der Waals surface area contributed by atoms with E-state index in [-0.39, 0.29) is 23.3 Å². The summed E-state index contributed by atoms with van der Waals surface area (Å²) in [5.41, 5.74) is -0.494. The smallest absolute Gasteiger partial charge is 0.243 e. The van der Waals surface area contributed by atoms with Crippen LogP contribution in [0.5, 0.6) is 0 Å². The van der Waals surface area contributed by atoms with Gasteiger partial charge in [0.05, 0.1) is 18.0 Å². The van der Waals surface area contributed by atoms with E-state index < -0.39 is 39.9 Å². The van der Waals surface area contributed by atoms with Crippen molar-refractivity contribution in [3.8, 4) is 0 Å². The van der Waals surface area contributed by atoms with Crippen LogP contribution in [-0.2, 0) is 26.2 Å². The first-order chi connectivity index (χ1) is 14.8. The molecule has 0 aliphatic carbocycles. The molecule has 2 amide bonds. The van der Waals surface area contributed by atoms with Crippen molar-refractivity contribution in [3.05, 3.63) is 52.5 Å². The molecule has 2 aromatic rings. The van der Waals surface area contributed by atoms with Gasteiger partial charge in [-0.1, -0.05) is 19.9 Å². The first-order valence-electron chi connectivity index (χ1n) is 10.2. The van der Waals surface area contributed by atoms with Crippen molar-refractivity contribution >= 4 is 33.2 Å². The SMILES string of the molecule is CC(C)[C@@H](C(=O)NC(C)(C)C)N(Cc1cccs1)C(=O)CNS(=O)(=O)c1ccc(F)cc1. The Labute approximate surface area is 193 Å². The zero-order valence-electron chi connectivity index (χ0n) is 18.9. The van der Waals surface area contributed by atoms with Crippen LogP contribution < -0.4 is 10.0 Å². The maximum absolute atomic E-state index is 13.2. The molecule has 10 heteroatoms. The Hall–Kier alpha value is -2.30. The summed E-state index contributed by atoms with van der Waals surface area (Å²) >= 11 is 1.44. The van der Waals surface area contributed by atoms with Gasteiger partial charge in [0.1, 0.15) is 11.9 Å². The lowest BCUT2D eigenvalue weighted by molar-refractivity contribution is -0.142. The molecule has 32 heavy (non-hydrogen) atoms. The van der Waals surface area contributed by atoms with Crippen LogP contribution in [0, 0.1) is 11.7 Å². The van der Waals surface area contributed by atoms with Gasteiger partial charge in [-0.25, -0.2) is 17.5 Å². The number of amides is 2. The highest BCUT2D eigenvalue weighted by molar-refractivity contribution is 7.89. The summed E-state index contributed by atoms with van der Waals surface area (Å²) < 4.78 is 40.4. The number of hydrogen-bond donors (Lipinski definition) is 2. The largest absolute Gasteiger partial charge is 0.350 e. The molecule has 1 heterocycles. The highest BCUT2D eigenvalue weighted by Gasteiger charge is 2.34. The van der Waals surface area contributed by atoms with Crippen molar-refractivity contribution in [2.45, 2.75) is 57.6 Å². The molecule has 0 radical (unpaired) electrons. The van der Waals surface area contributed by atoms with Gasteiger partial charge < -0.3 is 10.2 Å². The van der Waals surface area contributed by atoms with Crippen LogP contribution in [0.2, 0.25) is 0 Å². The predicted octanol–water partition coefficient (Wildman–Crippen LogP) is 3.13. The topological polar surface area (TPSA) is 95.6 Å². The second-order valence-electron chi connectivity index (χ2n) is 8.81. The minimum atomic E-state index is -4.02. The van der Waals surface area contributed by atoms with Crippen LogP contribution in [0.25, 0.3) is 0 Å². The van der Waals surface area contributed by atoms with E-state index in [1.807, 2.05) is 52.1 Å². The van der Waals surface area contributed by atoms with Crippen LogP contribution >= 0.6 is 11.3 Å². The van der Waals surface area contributed by atoms with Gasteiger partial charge in [0.2, 0.25) is 21.8 Å². The van der Waals surface area contributed by atoms with Gasteiger partial charge in [-0.15, -0.1) is 11.3 Å². The number of nitrogens with zero attached hydrogens (tertiary/aromatic N) is 1. The van der Waals surface area contributed by atoms with Crippen LogP contribution in [0.4, 0.5) is 4.39 Å². The second kappa shape index (κ2) is 10.5. The average Bonchev–Trinajstić information content (AvgIpc) is 3.17. The summed E-state index contributed by atoms with van der Waals surface area (Å²) in [6.45, 7) is 8.88. The summed E-state index contributed by atoms with van der Waals surface area (Å²) in [7, 11) is -4.02. The summed E-state index contributed by atoms with van der Waals surface area (Å²) in [5, 5.41) is 4.79. The van der Waals surface area contributed by atoms with Crippen molar-refractivity contribution in [2.24, 2.45) is 5.92 Å². The van der Waals surface area contributed by atoms with Gasteiger partial charge in [0.15, 0.2) is 0 Å². The minimum absolute atomic E-state index is 0.151. The van der Waals surface area contributed by atoms with Crippen molar-refractivity contribution in [2.75, 3.05) is 6.54 Å². The Kier molecular flexibility index (Phi) is 8.55. The zero-order valence-corrected chi connectivity index (χ0v) is 20.5. The van der Waals surface area contributed by atoms with E-state index in [1.165, 1.54) is 16.2 Å². The van der Waals surface area contributed by atoms with E-state index >= 15 is 0 Å². The Morgan fingerprint density at radius 3 is 2.25 bits per heavy atom. The molecule has 7 nitrogen and oxygen atoms in total. The lowest BCUT2D eigenvalue weighted by Crippen LogP contribution is -2.56. The number of carbonyl (C=O) groups is 2. The fourth-order valence-corrected chi connectivity index (χ4v) is 4.79. The molecule has 2 N–H and O–H groups in total. The van der Waals surface area contributed by atoms with Crippen molar-refractivity contribution in [1.82, 2.24) is 14.9 Å². The van der Waals surface area contributed by atoms with E-state index in [0.29, 0.717) is 0 Å². The van der Waals surface area contributed by atoms with Gasteiger partial charge >= 0.3 is 0 Å². The highest BCUT2D eigenvalue weighted by Crippen LogP contribution is 2.20. The van der Waals surface area contributed by atoms with Crippen molar-refractivity contribution in [1.29, 1.82) is 0 Å². The molecule has 1 atom stereocenters. The van der Waals surface area contributed by atoms with Gasteiger partial charge in [0.25, 0.3) is 0 Å². The second-order valence-corrected chi connectivity index (χ2v) is 11.6. The van der Waals surface area contributed by atoms with Crippen LogP contribution in [-0.4, -0.2) is 43.3 Å². The molecule has 0 fully saturated rings. The predicted molar refractivity (Wildman–Crippen MR) is 123 cm³/mol. The van der Waals surface area contributed by atoms with Crippen LogP contribution in [0.1, 0.15) is 39.5 Å². The normalized spacial score (nSPS) is 13.1. The lowest BCUT2D eigenvalue weighted by atomic mass is 9.99. The molecule has 1 aromatic heterocycles. The molecule has 0 saturated heterocycles. The third kappa shape index (κ3) is 7.39. The molecule has 0 saturated carbocycles. The Balaban J connectivity index is 2.27. The van der Waals surface area contributed by atoms with Gasteiger partial charge in [0, 0.05) is 10.4 Å². The summed E-state index contributed by atoms with van der Waals surface area (Å²) in [5.74, 6) is -1.62. The lowest BCUT2D eigenvalue weighted by Gasteiger charge is -2.35. The summed E-state index contributed by atoms with van der Waals surface area (Å²) in [6.07, 6.45) is 0. The maximum atomic E-state index is 13.2. The number of nitrogens with one attached hydrogen (secondary N) is 2. The van der Waals surface area contributed by atoms with Crippen molar-refractivity contribution < 1.29 is 22.4 Å². The molecule has 0 spiro atoms. The standard InChI is InChI=1S/C22H30FN3O4S2/c1-15(2)20(21(28)25-22(3,4)5)26(14-17-7-6-12-31-17)19(27)13-24-32(29,30)18-10-8-16(23)9-11-18/h6-12,15,20,24H,13-14H2,1-5H3,(H,25,28)/t20-/m0/s1. The number of halogens is 1. The number of rotatable bonds is 9. The number of thiophene rings is 1. The quantitative estimate of drug-likeness (QED) is 0.573. The molecule has 0 bridgehead atoms. The third-order valence-electron chi connectivity index (χ3n) is 4.50. The fourth-order valence-electron chi connectivity index (χ4n) is 3.12. The molecular weight excluding hydrogens is 453 g/mol. The summed E-state index contributed by atoms with van der Waals surface area (Å²) in [6, 6.07) is 7.22. The van der Waals surface area contributed by atoms with Crippen LogP contribution in [0.15, 0.2) is 46.7 Å². The van der Waals surface area contributed by atoms with E-state index in [4.69, 9.17) is 0 Å². The van der Waals surface area contributed by atoms with Crippen LogP contribution in [0.3, 0.4) is 0 Å². The zero-order chi connectivity index (χ0) is 24.1. The average molecular weight is 484 g/mol. The molecule has 2 rings (SSSR count). The number of benzene rings is 1. The van der Waals surface area contributed by atoms with Gasteiger partial charge in [-0.3, -0.25) is 9.59 Å². The first-order valence-corrected chi connectivity index (χ1v) is 12.6. The number of carbonyl (C=O) groups excluding carboxylic acids is 2. The minimum Gasteiger partial charge on any atom is -0.350 e. The molecule has 1 aromatic carbocycles. The molecule has 0 aliphatic heterocycles. The summed E-state index contributed by atoms with van der Waals surface area (Å²) in [4.78, 5) is 28.4. The van der Waals surface area contributed by atoms with E-state index in [0.717, 1.165) is 29.1 Å². The monoisotopic (exact) mass is 483 g/mol. The number of sulfonamides is 1. The fraction of sp³-hybridized carbons (Fsp3) is 0.455. The number of hydrogen-bond acceptors (Lipinski definition) is 5. The van der Waals surface area contributed by atoms with Gasteiger partial charge in [-0.2, -0.15) is 0 Å². The molecular formula is C22H30FN3O4S2.